The monoisotopic (exact) mass is 610 g/mol. The summed E-state index contributed by atoms with van der Waals surface area (Å²) in [6.07, 6.45) is -7.69. The number of aryl methyl sites for hydroxylation is 1. The van der Waals surface area contributed by atoms with Gasteiger partial charge in [-0.1, -0.05) is 17.7 Å². The number of carbonyl (C=O) groups is 2. The molecular weight excluding hydrogens is 590 g/mol. The number of halogens is 7. The molecule has 3 rings (SSSR count). The fourth-order valence-corrected chi connectivity index (χ4v) is 4.62. The molecule has 0 saturated carbocycles. The molecule has 2 aromatic heterocycles. The van der Waals surface area contributed by atoms with Gasteiger partial charge >= 0.3 is 12.4 Å². The molecule has 3 aromatic rings. The standard InChI is InChI=1S/C23H21ClF6N6O3S/c1-11(10-40(3)39)32-21(38)19-13(5-4-6-14(19)24)20(37)34-15-8-31-18(33-12(15)2)9-36-17(23(28,29)30)7-16(35-36)22(25,26)27/h4-8,11H,9-10H2,1-3H3,(H,32,38)(H,34,37)/t11?,40-/m0/s1. The highest BCUT2D eigenvalue weighted by Crippen LogP contribution is 2.35. The van der Waals surface area contributed by atoms with Gasteiger partial charge in [-0.2, -0.15) is 31.4 Å². The minimum atomic E-state index is -5.12. The van der Waals surface area contributed by atoms with Gasteiger partial charge in [0, 0.05) is 34.9 Å². The van der Waals surface area contributed by atoms with Gasteiger partial charge in [0.05, 0.1) is 33.7 Å². The number of hydrogen-bond donors (Lipinski definition) is 2. The van der Waals surface area contributed by atoms with Crippen LogP contribution in [0, 0.1) is 6.92 Å². The van der Waals surface area contributed by atoms with Gasteiger partial charge in [-0.3, -0.25) is 18.5 Å². The van der Waals surface area contributed by atoms with Crippen LogP contribution in [0.4, 0.5) is 32.0 Å². The van der Waals surface area contributed by atoms with Crippen LogP contribution in [0.5, 0.6) is 0 Å². The molecule has 9 nitrogen and oxygen atoms in total. The highest BCUT2D eigenvalue weighted by molar-refractivity contribution is 7.84. The van der Waals surface area contributed by atoms with Gasteiger partial charge in [0.2, 0.25) is 0 Å². The molecule has 0 spiro atoms. The van der Waals surface area contributed by atoms with Crippen LogP contribution in [-0.4, -0.2) is 53.8 Å². The number of rotatable bonds is 8. The average molecular weight is 611 g/mol. The van der Waals surface area contributed by atoms with Crippen molar-refractivity contribution in [1.29, 1.82) is 0 Å². The second-order valence-corrected chi connectivity index (χ2v) is 10.5. The Balaban J connectivity index is 1.84. The van der Waals surface area contributed by atoms with Crippen molar-refractivity contribution in [2.45, 2.75) is 38.8 Å². The Hall–Kier alpha value is -3.53. The predicted octanol–water partition coefficient (Wildman–Crippen LogP) is 4.47. The van der Waals surface area contributed by atoms with E-state index in [9.17, 15) is 40.1 Å². The van der Waals surface area contributed by atoms with Crippen molar-refractivity contribution in [3.05, 3.63) is 69.5 Å². The van der Waals surface area contributed by atoms with Crippen molar-refractivity contribution in [1.82, 2.24) is 25.1 Å². The van der Waals surface area contributed by atoms with Crippen LogP contribution in [0.25, 0.3) is 0 Å². The van der Waals surface area contributed by atoms with Crippen LogP contribution >= 0.6 is 11.6 Å². The SMILES string of the molecule is Cc1nc(Cn2nc(C(F)(F)F)cc2C(F)(F)F)ncc1NC(=O)c1cccc(Cl)c1C(=O)NC(C)C[S@](C)=O. The lowest BCUT2D eigenvalue weighted by molar-refractivity contribution is -0.144. The van der Waals surface area contributed by atoms with E-state index in [4.69, 9.17) is 11.6 Å². The Morgan fingerprint density at radius 1 is 1.12 bits per heavy atom. The highest BCUT2D eigenvalue weighted by atomic mass is 35.5. The molecular formula is C23H21ClF6N6O3S. The van der Waals surface area contributed by atoms with Gasteiger partial charge in [0.15, 0.2) is 5.69 Å². The second kappa shape index (κ2) is 11.9. The molecule has 0 bridgehead atoms. The van der Waals surface area contributed by atoms with Crippen molar-refractivity contribution in [2.24, 2.45) is 0 Å². The van der Waals surface area contributed by atoms with Crippen LogP contribution in [0.2, 0.25) is 5.02 Å². The van der Waals surface area contributed by atoms with E-state index in [0.717, 1.165) is 6.20 Å². The van der Waals surface area contributed by atoms with E-state index in [1.54, 1.807) is 6.92 Å². The van der Waals surface area contributed by atoms with Crippen molar-refractivity contribution in [3.8, 4) is 0 Å². The summed E-state index contributed by atoms with van der Waals surface area (Å²) in [5, 5.41) is 8.08. The maximum absolute atomic E-state index is 13.3. The largest absolute Gasteiger partial charge is 0.435 e. The zero-order valence-corrected chi connectivity index (χ0v) is 22.5. The third-order valence-electron chi connectivity index (χ3n) is 5.28. The molecule has 2 heterocycles. The fourth-order valence-electron chi connectivity index (χ4n) is 3.58. The van der Waals surface area contributed by atoms with E-state index >= 15 is 0 Å². The summed E-state index contributed by atoms with van der Waals surface area (Å²) in [4.78, 5) is 33.7. The van der Waals surface area contributed by atoms with E-state index < -0.39 is 58.9 Å². The van der Waals surface area contributed by atoms with E-state index in [-0.39, 0.29) is 49.9 Å². The average Bonchev–Trinajstić information content (AvgIpc) is 3.25. The summed E-state index contributed by atoms with van der Waals surface area (Å²) in [6.45, 7) is 2.18. The summed E-state index contributed by atoms with van der Waals surface area (Å²) in [7, 11) is -1.19. The van der Waals surface area contributed by atoms with E-state index in [1.807, 2.05) is 0 Å². The Bertz CT molecular complexity index is 1460. The second-order valence-electron chi connectivity index (χ2n) is 8.58. The lowest BCUT2D eigenvalue weighted by atomic mass is 10.1. The number of benzene rings is 1. The summed E-state index contributed by atoms with van der Waals surface area (Å²) >= 11 is 6.18. The molecule has 0 aliphatic heterocycles. The first kappa shape index (κ1) is 31.0. The van der Waals surface area contributed by atoms with Gasteiger partial charge in [-0.05, 0) is 26.0 Å². The van der Waals surface area contributed by atoms with E-state index in [0.29, 0.717) is 0 Å². The van der Waals surface area contributed by atoms with Crippen molar-refractivity contribution in [2.75, 3.05) is 17.3 Å². The molecule has 1 aromatic carbocycles. The molecule has 0 aliphatic rings. The summed E-state index contributed by atoms with van der Waals surface area (Å²) < 4.78 is 90.2. The molecule has 0 fully saturated rings. The van der Waals surface area contributed by atoms with Gasteiger partial charge < -0.3 is 10.6 Å². The Morgan fingerprint density at radius 2 is 1.80 bits per heavy atom. The molecule has 0 radical (unpaired) electrons. The van der Waals surface area contributed by atoms with Gasteiger partial charge in [0.25, 0.3) is 11.8 Å². The molecule has 2 N–H and O–H groups in total. The molecule has 0 aliphatic carbocycles. The maximum Gasteiger partial charge on any atom is 0.435 e. The third kappa shape index (κ3) is 7.56. The van der Waals surface area contributed by atoms with Gasteiger partial charge in [-0.15, -0.1) is 0 Å². The van der Waals surface area contributed by atoms with Crippen LogP contribution < -0.4 is 10.6 Å². The first-order chi connectivity index (χ1) is 18.5. The maximum atomic E-state index is 13.3. The highest BCUT2D eigenvalue weighted by Gasteiger charge is 2.42. The van der Waals surface area contributed by atoms with Crippen LogP contribution in [0.3, 0.4) is 0 Å². The Morgan fingerprint density at radius 3 is 2.38 bits per heavy atom. The Labute approximate surface area is 230 Å². The smallest absolute Gasteiger partial charge is 0.349 e. The lowest BCUT2D eigenvalue weighted by Gasteiger charge is -2.16. The molecule has 2 atom stereocenters. The molecule has 2 amide bonds. The number of hydrogen-bond acceptors (Lipinski definition) is 6. The number of nitrogens with one attached hydrogen (secondary N) is 2. The van der Waals surface area contributed by atoms with Gasteiger partial charge in [0.1, 0.15) is 18.1 Å². The predicted molar refractivity (Wildman–Crippen MR) is 133 cm³/mol. The number of aromatic nitrogens is 4. The number of amides is 2. The number of alkyl halides is 6. The van der Waals surface area contributed by atoms with Gasteiger partial charge in [-0.25, -0.2) is 9.97 Å². The fraction of sp³-hybridized carbons (Fsp3) is 0.348. The van der Waals surface area contributed by atoms with Crippen LogP contribution in [-0.2, 0) is 29.7 Å². The quantitative estimate of drug-likeness (QED) is 0.364. The zero-order valence-electron chi connectivity index (χ0n) is 20.9. The normalized spacial score (nSPS) is 13.6. The summed E-state index contributed by atoms with van der Waals surface area (Å²) in [5.41, 5.74) is -3.54. The summed E-state index contributed by atoms with van der Waals surface area (Å²) in [5.74, 6) is -1.61. The first-order valence-electron chi connectivity index (χ1n) is 11.2. The van der Waals surface area contributed by atoms with Crippen molar-refractivity contribution < 1.29 is 40.1 Å². The number of nitrogens with zero attached hydrogens (tertiary/aromatic N) is 4. The van der Waals surface area contributed by atoms with E-state index in [1.165, 1.54) is 31.4 Å². The summed E-state index contributed by atoms with van der Waals surface area (Å²) in [6, 6.07) is 3.56. The zero-order chi connectivity index (χ0) is 30.0. The molecule has 40 heavy (non-hydrogen) atoms. The lowest BCUT2D eigenvalue weighted by Crippen LogP contribution is -2.37. The molecule has 0 saturated heterocycles. The molecule has 1 unspecified atom stereocenters. The Kier molecular flexibility index (Phi) is 9.24. The van der Waals surface area contributed by atoms with Crippen LogP contribution in [0.15, 0.2) is 30.5 Å². The van der Waals surface area contributed by atoms with Crippen molar-refractivity contribution >= 4 is 39.9 Å². The molecule has 216 valence electrons. The number of anilines is 1. The minimum absolute atomic E-state index is 0.0160. The first-order valence-corrected chi connectivity index (χ1v) is 13.3. The third-order valence-corrected chi connectivity index (χ3v) is 6.56. The minimum Gasteiger partial charge on any atom is -0.349 e. The van der Waals surface area contributed by atoms with Crippen LogP contribution in [0.1, 0.15) is 50.5 Å². The number of carbonyl (C=O) groups excluding carboxylic acids is 2. The molecule has 17 heteroatoms. The van der Waals surface area contributed by atoms with Crippen molar-refractivity contribution in [3.63, 3.8) is 0 Å². The van der Waals surface area contributed by atoms with E-state index in [2.05, 4.69) is 25.7 Å². The topological polar surface area (TPSA) is 119 Å².